The second kappa shape index (κ2) is 8.55. The summed E-state index contributed by atoms with van der Waals surface area (Å²) in [5, 5.41) is 7.30. The number of guanidine groups is 1. The van der Waals surface area contributed by atoms with Crippen LogP contribution < -0.4 is 5.32 Å². The van der Waals surface area contributed by atoms with Gasteiger partial charge in [0.15, 0.2) is 11.8 Å². The van der Waals surface area contributed by atoms with Gasteiger partial charge in [-0.3, -0.25) is 4.99 Å². The van der Waals surface area contributed by atoms with Gasteiger partial charge >= 0.3 is 0 Å². The summed E-state index contributed by atoms with van der Waals surface area (Å²) in [4.78, 5) is 11.1. The summed E-state index contributed by atoms with van der Waals surface area (Å²) in [6.45, 7) is 4.51. The fraction of sp³-hybridized carbons (Fsp3) is 0.800. The van der Waals surface area contributed by atoms with E-state index in [1.54, 1.807) is 6.92 Å². The minimum atomic E-state index is 0. The molecule has 1 saturated carbocycles. The van der Waals surface area contributed by atoms with Gasteiger partial charge < -0.3 is 14.7 Å². The Labute approximate surface area is 159 Å². The Kier molecular flexibility index (Phi) is 7.00. The summed E-state index contributed by atoms with van der Waals surface area (Å²) < 4.78 is 5.45. The van der Waals surface area contributed by atoms with Crippen molar-refractivity contribution in [2.45, 2.75) is 50.3 Å². The molecule has 1 aromatic heterocycles. The number of rotatable bonds is 2. The highest BCUT2D eigenvalue weighted by Crippen LogP contribution is 2.42. The Bertz CT molecular complexity index is 524. The molecule has 0 atom stereocenters. The van der Waals surface area contributed by atoms with Crippen molar-refractivity contribution in [1.82, 2.24) is 20.4 Å². The van der Waals surface area contributed by atoms with Crippen LogP contribution in [0.25, 0.3) is 0 Å². The van der Waals surface area contributed by atoms with E-state index in [2.05, 4.69) is 37.1 Å². The molecule has 0 radical (unpaired) electrons. The summed E-state index contributed by atoms with van der Waals surface area (Å²) in [6, 6.07) is 0. The van der Waals surface area contributed by atoms with Crippen LogP contribution in [0.1, 0.15) is 43.8 Å². The van der Waals surface area contributed by atoms with Gasteiger partial charge in [-0.1, -0.05) is 24.4 Å². The molecule has 2 fully saturated rings. The molecule has 1 spiro atoms. The Balaban J connectivity index is 0.00000192. The highest BCUT2D eigenvalue weighted by Gasteiger charge is 2.38. The lowest BCUT2D eigenvalue weighted by Crippen LogP contribution is -2.53. The van der Waals surface area contributed by atoms with E-state index in [-0.39, 0.29) is 24.0 Å². The van der Waals surface area contributed by atoms with Crippen LogP contribution in [-0.2, 0) is 6.54 Å². The second-order valence-corrected chi connectivity index (χ2v) is 7.71. The Hall–Kier alpha value is -0.510. The van der Waals surface area contributed by atoms with E-state index in [4.69, 9.17) is 4.52 Å². The first-order valence-corrected chi connectivity index (χ1v) is 9.08. The molecule has 1 N–H and O–H groups in total. The molecule has 130 valence electrons. The summed E-state index contributed by atoms with van der Waals surface area (Å²) >= 11 is 2.17. The molecule has 6 nitrogen and oxygen atoms in total. The summed E-state index contributed by atoms with van der Waals surface area (Å²) in [5.74, 6) is 3.41. The predicted molar refractivity (Wildman–Crippen MR) is 104 cm³/mol. The number of aromatic nitrogens is 2. The maximum absolute atomic E-state index is 5.01. The van der Waals surface area contributed by atoms with Crippen molar-refractivity contribution in [3.05, 3.63) is 11.7 Å². The van der Waals surface area contributed by atoms with E-state index in [9.17, 15) is 0 Å². The molecule has 0 aromatic carbocycles. The number of halogens is 1. The Morgan fingerprint density at radius 3 is 2.83 bits per heavy atom. The minimum Gasteiger partial charge on any atom is -0.349 e. The smallest absolute Gasteiger partial charge is 0.223 e. The largest absolute Gasteiger partial charge is 0.349 e. The molecule has 0 amide bonds. The standard InChI is InChI=1S/C15H25N5OS.HI/c1-12-18-13(19-21-12)10-17-14(16-2)20-8-9-22-15(11-20)6-4-3-5-7-15;/h3-11H2,1-2H3,(H,16,17);1H. The third-order valence-corrected chi connectivity index (χ3v) is 6.04. The van der Waals surface area contributed by atoms with Crippen molar-refractivity contribution >= 4 is 41.7 Å². The van der Waals surface area contributed by atoms with Gasteiger partial charge in [-0.25, -0.2) is 0 Å². The predicted octanol–water partition coefficient (Wildman–Crippen LogP) is 2.82. The highest BCUT2D eigenvalue weighted by atomic mass is 127. The number of hydrogen-bond donors (Lipinski definition) is 1. The third kappa shape index (κ3) is 4.74. The molecule has 3 rings (SSSR count). The second-order valence-electron chi connectivity index (χ2n) is 6.14. The van der Waals surface area contributed by atoms with Crippen LogP contribution in [0.4, 0.5) is 0 Å². The summed E-state index contributed by atoms with van der Waals surface area (Å²) in [7, 11) is 1.85. The molecule has 0 bridgehead atoms. The van der Waals surface area contributed by atoms with Crippen molar-refractivity contribution in [3.8, 4) is 0 Å². The lowest BCUT2D eigenvalue weighted by molar-refractivity contribution is 0.293. The Morgan fingerprint density at radius 1 is 1.39 bits per heavy atom. The number of nitrogens with one attached hydrogen (secondary N) is 1. The number of thioether (sulfide) groups is 1. The van der Waals surface area contributed by atoms with Crippen LogP contribution in [0.5, 0.6) is 0 Å². The van der Waals surface area contributed by atoms with E-state index in [1.165, 1.54) is 37.9 Å². The van der Waals surface area contributed by atoms with Crippen molar-refractivity contribution < 1.29 is 4.52 Å². The fourth-order valence-electron chi connectivity index (χ4n) is 3.43. The van der Waals surface area contributed by atoms with Gasteiger partial charge in [0.25, 0.3) is 0 Å². The lowest BCUT2D eigenvalue weighted by atomic mass is 9.87. The van der Waals surface area contributed by atoms with Crippen LogP contribution in [0, 0.1) is 6.92 Å². The molecule has 23 heavy (non-hydrogen) atoms. The number of aliphatic imine (C=N–C) groups is 1. The normalized spacial score (nSPS) is 21.1. The van der Waals surface area contributed by atoms with Gasteiger partial charge in [-0.15, -0.1) is 24.0 Å². The molecule has 1 aliphatic carbocycles. The van der Waals surface area contributed by atoms with E-state index in [1.807, 2.05) is 7.05 Å². The average Bonchev–Trinajstić information content (AvgIpc) is 2.94. The summed E-state index contributed by atoms with van der Waals surface area (Å²) in [6.07, 6.45) is 6.82. The maximum Gasteiger partial charge on any atom is 0.223 e. The number of nitrogens with zero attached hydrogens (tertiary/aromatic N) is 4. The molecule has 0 unspecified atom stereocenters. The van der Waals surface area contributed by atoms with Crippen molar-refractivity contribution in [2.75, 3.05) is 25.9 Å². The SMILES string of the molecule is CN=C(NCc1noc(C)n1)N1CCSC2(CCCCC2)C1.I. The molecule has 2 heterocycles. The molecule has 2 aliphatic rings. The number of hydrogen-bond acceptors (Lipinski definition) is 5. The molecule has 8 heteroatoms. The van der Waals surface area contributed by atoms with Gasteiger partial charge in [0.2, 0.25) is 5.89 Å². The van der Waals surface area contributed by atoms with Gasteiger partial charge in [0, 0.05) is 37.6 Å². The van der Waals surface area contributed by atoms with Crippen molar-refractivity contribution in [2.24, 2.45) is 4.99 Å². The first kappa shape index (κ1) is 18.8. The van der Waals surface area contributed by atoms with Crippen LogP contribution in [0.2, 0.25) is 0 Å². The van der Waals surface area contributed by atoms with Crippen molar-refractivity contribution in [1.29, 1.82) is 0 Å². The van der Waals surface area contributed by atoms with Crippen molar-refractivity contribution in [3.63, 3.8) is 0 Å². The van der Waals surface area contributed by atoms with Gasteiger partial charge in [-0.05, 0) is 12.8 Å². The first-order valence-electron chi connectivity index (χ1n) is 8.09. The highest BCUT2D eigenvalue weighted by molar-refractivity contribution is 14.0. The molecule has 1 aliphatic heterocycles. The molecular weight excluding hydrogens is 425 g/mol. The molecule has 1 aromatic rings. The van der Waals surface area contributed by atoms with E-state index in [0.717, 1.165) is 19.0 Å². The van der Waals surface area contributed by atoms with Gasteiger partial charge in [0.1, 0.15) is 0 Å². The topological polar surface area (TPSA) is 66.5 Å². The fourth-order valence-corrected chi connectivity index (χ4v) is 5.00. The third-order valence-electron chi connectivity index (χ3n) is 4.50. The van der Waals surface area contributed by atoms with E-state index < -0.39 is 0 Å². The zero-order valence-corrected chi connectivity index (χ0v) is 17.0. The number of aryl methyl sites for hydroxylation is 1. The Morgan fingerprint density at radius 2 is 2.17 bits per heavy atom. The van der Waals surface area contributed by atoms with Crippen LogP contribution >= 0.6 is 35.7 Å². The monoisotopic (exact) mass is 451 g/mol. The zero-order valence-electron chi connectivity index (χ0n) is 13.9. The molecular formula is C15H26IN5OS. The average molecular weight is 451 g/mol. The summed E-state index contributed by atoms with van der Waals surface area (Å²) in [5.41, 5.74) is 0. The lowest BCUT2D eigenvalue weighted by Gasteiger charge is -2.45. The maximum atomic E-state index is 5.01. The van der Waals surface area contributed by atoms with Gasteiger partial charge in [-0.2, -0.15) is 16.7 Å². The van der Waals surface area contributed by atoms with Crippen LogP contribution in [0.3, 0.4) is 0 Å². The van der Waals surface area contributed by atoms with Crippen LogP contribution in [-0.4, -0.2) is 51.6 Å². The minimum absolute atomic E-state index is 0. The molecule has 1 saturated heterocycles. The van der Waals surface area contributed by atoms with Gasteiger partial charge in [0.05, 0.1) is 6.54 Å². The van der Waals surface area contributed by atoms with E-state index in [0.29, 0.717) is 23.0 Å². The zero-order chi connectivity index (χ0) is 15.4. The quantitative estimate of drug-likeness (QED) is 0.424. The van der Waals surface area contributed by atoms with Crippen LogP contribution in [0.15, 0.2) is 9.52 Å². The van der Waals surface area contributed by atoms with E-state index >= 15 is 0 Å². The first-order chi connectivity index (χ1) is 10.7.